The molecule has 0 saturated carbocycles. The van der Waals surface area contributed by atoms with Crippen LogP contribution < -0.4 is 14.9 Å². The third-order valence-corrected chi connectivity index (χ3v) is 6.96. The lowest BCUT2D eigenvalue weighted by Gasteiger charge is -2.39. The molecule has 230 valence electrons. The van der Waals surface area contributed by atoms with Gasteiger partial charge in [-0.25, -0.2) is 4.79 Å². The second kappa shape index (κ2) is 12.7. The molecular formula is C31H28O13. The first kappa shape index (κ1) is 30.4. The van der Waals surface area contributed by atoms with Gasteiger partial charge < -0.3 is 54.0 Å². The predicted octanol–water partition coefficient (Wildman–Crippen LogP) is 2.03. The monoisotopic (exact) mass is 608 g/mol. The summed E-state index contributed by atoms with van der Waals surface area (Å²) >= 11 is 0. The van der Waals surface area contributed by atoms with Crippen LogP contribution >= 0.6 is 0 Å². The Morgan fingerprint density at radius 1 is 0.909 bits per heavy atom. The van der Waals surface area contributed by atoms with E-state index in [2.05, 4.69) is 0 Å². The molecule has 1 saturated heterocycles. The quantitative estimate of drug-likeness (QED) is 0.0963. The molecule has 2 heterocycles. The number of hydrogen-bond donors (Lipinski definition) is 6. The van der Waals surface area contributed by atoms with Gasteiger partial charge in [0, 0.05) is 12.1 Å². The number of hydrogen-bond acceptors (Lipinski definition) is 13. The Balaban J connectivity index is 1.26. The summed E-state index contributed by atoms with van der Waals surface area (Å²) in [6.45, 7) is -0.491. The van der Waals surface area contributed by atoms with Crippen LogP contribution in [0.5, 0.6) is 28.7 Å². The minimum Gasteiger partial charge on any atom is -0.504 e. The number of methoxy groups -OCH3 is 1. The maximum absolute atomic E-state index is 13.1. The van der Waals surface area contributed by atoms with Crippen molar-refractivity contribution in [2.24, 2.45) is 0 Å². The minimum atomic E-state index is -1.71. The first-order valence-corrected chi connectivity index (χ1v) is 13.2. The number of rotatable bonds is 8. The summed E-state index contributed by atoms with van der Waals surface area (Å²) in [6, 6.07) is 12.5. The summed E-state index contributed by atoms with van der Waals surface area (Å²) < 4.78 is 27.1. The van der Waals surface area contributed by atoms with Crippen molar-refractivity contribution < 1.29 is 58.8 Å². The lowest BCUT2D eigenvalue weighted by molar-refractivity contribution is -0.278. The lowest BCUT2D eigenvalue weighted by atomic mass is 9.99. The van der Waals surface area contributed by atoms with E-state index in [4.69, 9.17) is 23.4 Å². The highest BCUT2D eigenvalue weighted by Crippen LogP contribution is 2.31. The van der Waals surface area contributed by atoms with Crippen LogP contribution in [0.2, 0.25) is 0 Å². The first-order chi connectivity index (χ1) is 21.0. The summed E-state index contributed by atoms with van der Waals surface area (Å²) in [6.07, 6.45) is -4.07. The van der Waals surface area contributed by atoms with Crippen molar-refractivity contribution in [3.8, 4) is 39.9 Å². The number of aliphatic hydroxyl groups excluding tert-OH is 3. The molecule has 1 aliphatic heterocycles. The molecule has 1 aliphatic rings. The summed E-state index contributed by atoms with van der Waals surface area (Å²) in [4.78, 5) is 25.3. The standard InChI is InChI=1S/C31H28O13/c1-40-24-10-15(2-7-21(24)33)3-9-26(35)42-14-25-28(37)29(38)30(39)31(44-25)43-17-5-6-18-23(12-17)41-13-19(27(18)36)16-4-8-20(32)22(34)11-16/h2-13,25,28-34,37-39H,14H2,1H3/b9-3+/t25-,28-,29+,30-,31-/m1/s1. The topological polar surface area (TPSA) is 206 Å². The van der Waals surface area contributed by atoms with E-state index in [1.807, 2.05) is 0 Å². The van der Waals surface area contributed by atoms with E-state index >= 15 is 0 Å². The van der Waals surface area contributed by atoms with Crippen molar-refractivity contribution in [2.75, 3.05) is 13.7 Å². The van der Waals surface area contributed by atoms with Gasteiger partial charge in [0.25, 0.3) is 0 Å². The van der Waals surface area contributed by atoms with Gasteiger partial charge in [-0.1, -0.05) is 12.1 Å². The van der Waals surface area contributed by atoms with Crippen molar-refractivity contribution >= 4 is 23.0 Å². The van der Waals surface area contributed by atoms with Gasteiger partial charge in [0.05, 0.1) is 18.1 Å². The summed E-state index contributed by atoms with van der Waals surface area (Å²) in [5.74, 6) is -1.29. The van der Waals surface area contributed by atoms with Gasteiger partial charge in [0.15, 0.2) is 28.4 Å². The summed E-state index contributed by atoms with van der Waals surface area (Å²) in [5, 5.41) is 60.5. The zero-order valence-corrected chi connectivity index (χ0v) is 23.1. The molecule has 0 unspecified atom stereocenters. The third kappa shape index (κ3) is 6.31. The second-order valence-electron chi connectivity index (χ2n) is 9.87. The molecule has 5 rings (SSSR count). The van der Waals surface area contributed by atoms with Crippen LogP contribution in [0, 0.1) is 0 Å². The summed E-state index contributed by atoms with van der Waals surface area (Å²) in [5.41, 5.74) is 0.703. The highest BCUT2D eigenvalue weighted by atomic mass is 16.7. The molecule has 1 aromatic heterocycles. The normalized spacial score (nSPS) is 21.8. The second-order valence-corrected chi connectivity index (χ2v) is 9.87. The molecule has 5 atom stereocenters. The number of ether oxygens (including phenoxy) is 4. The summed E-state index contributed by atoms with van der Waals surface area (Å²) in [7, 11) is 1.38. The van der Waals surface area contributed by atoms with Crippen LogP contribution in [0.4, 0.5) is 0 Å². The Morgan fingerprint density at radius 3 is 2.43 bits per heavy atom. The number of benzene rings is 3. The lowest BCUT2D eigenvalue weighted by Crippen LogP contribution is -2.60. The zero-order valence-electron chi connectivity index (χ0n) is 23.1. The predicted molar refractivity (Wildman–Crippen MR) is 153 cm³/mol. The van der Waals surface area contributed by atoms with Crippen molar-refractivity contribution in [3.05, 3.63) is 82.7 Å². The highest BCUT2D eigenvalue weighted by Gasteiger charge is 2.45. The molecule has 0 aliphatic carbocycles. The molecule has 44 heavy (non-hydrogen) atoms. The smallest absolute Gasteiger partial charge is 0.330 e. The third-order valence-electron chi connectivity index (χ3n) is 6.96. The Hall–Kier alpha value is -5.08. The van der Waals surface area contributed by atoms with Gasteiger partial charge in [0.1, 0.15) is 48.6 Å². The average Bonchev–Trinajstić information content (AvgIpc) is 3.02. The van der Waals surface area contributed by atoms with Crippen LogP contribution in [-0.4, -0.2) is 81.0 Å². The fourth-order valence-electron chi connectivity index (χ4n) is 4.53. The van der Waals surface area contributed by atoms with E-state index < -0.39 is 54.5 Å². The van der Waals surface area contributed by atoms with Crippen LogP contribution in [0.1, 0.15) is 5.56 Å². The highest BCUT2D eigenvalue weighted by molar-refractivity contribution is 5.87. The largest absolute Gasteiger partial charge is 0.504 e. The van der Waals surface area contributed by atoms with Gasteiger partial charge in [-0.2, -0.15) is 0 Å². The van der Waals surface area contributed by atoms with E-state index in [0.29, 0.717) is 11.1 Å². The number of carbonyl (C=O) groups excluding carboxylic acids is 1. The number of carbonyl (C=O) groups is 1. The molecule has 4 aromatic rings. The van der Waals surface area contributed by atoms with Crippen LogP contribution in [0.25, 0.3) is 28.2 Å². The molecule has 0 amide bonds. The Bertz CT molecular complexity index is 1760. The number of esters is 1. The van der Waals surface area contributed by atoms with Crippen molar-refractivity contribution in [1.82, 2.24) is 0 Å². The Morgan fingerprint density at radius 2 is 1.68 bits per heavy atom. The number of aliphatic hydroxyl groups is 3. The molecule has 13 heteroatoms. The van der Waals surface area contributed by atoms with Crippen molar-refractivity contribution in [1.29, 1.82) is 0 Å². The zero-order chi connectivity index (χ0) is 31.5. The SMILES string of the molecule is COc1cc(/C=C/C(=O)OC[C@H]2O[C@@H](Oc3ccc4c(=O)c(-c5ccc(O)c(O)c5)coc4c3)[C@H](O)[C@@H](O)[C@@H]2O)ccc1O. The van der Waals surface area contributed by atoms with E-state index in [0.717, 1.165) is 6.08 Å². The maximum atomic E-state index is 13.1. The molecule has 0 spiro atoms. The number of phenols is 3. The number of fused-ring (bicyclic) bond motifs is 1. The Kier molecular flexibility index (Phi) is 8.73. The number of phenolic OH excluding ortho intramolecular Hbond substituents is 3. The molecule has 1 fully saturated rings. The van der Waals surface area contributed by atoms with Crippen molar-refractivity contribution in [3.63, 3.8) is 0 Å². The van der Waals surface area contributed by atoms with Gasteiger partial charge >= 0.3 is 5.97 Å². The Labute approximate surface area is 249 Å². The minimum absolute atomic E-state index is 0.0666. The maximum Gasteiger partial charge on any atom is 0.330 e. The van der Waals surface area contributed by atoms with E-state index in [1.54, 1.807) is 6.07 Å². The van der Waals surface area contributed by atoms with E-state index in [1.165, 1.54) is 68.0 Å². The van der Waals surface area contributed by atoms with Gasteiger partial charge in [-0.05, 0) is 53.6 Å². The van der Waals surface area contributed by atoms with Crippen LogP contribution in [-0.2, 0) is 14.3 Å². The van der Waals surface area contributed by atoms with Crippen molar-refractivity contribution in [2.45, 2.75) is 30.7 Å². The van der Waals surface area contributed by atoms with Gasteiger partial charge in [-0.15, -0.1) is 0 Å². The van der Waals surface area contributed by atoms with E-state index in [-0.39, 0.29) is 39.5 Å². The van der Waals surface area contributed by atoms with Gasteiger partial charge in [0.2, 0.25) is 6.29 Å². The average molecular weight is 609 g/mol. The van der Waals surface area contributed by atoms with E-state index in [9.17, 15) is 40.2 Å². The van der Waals surface area contributed by atoms with Gasteiger partial charge in [-0.3, -0.25) is 4.79 Å². The van der Waals surface area contributed by atoms with Crippen LogP contribution in [0.3, 0.4) is 0 Å². The molecule has 0 radical (unpaired) electrons. The molecular weight excluding hydrogens is 580 g/mol. The molecule has 3 aromatic carbocycles. The molecule has 0 bridgehead atoms. The molecule has 13 nitrogen and oxygen atoms in total. The fraction of sp³-hybridized carbons (Fsp3) is 0.226. The van der Waals surface area contributed by atoms with Crippen LogP contribution in [0.15, 0.2) is 76.1 Å². The molecule has 6 N–H and O–H groups in total. The first-order valence-electron chi connectivity index (χ1n) is 13.2. The fourth-order valence-corrected chi connectivity index (χ4v) is 4.53. The number of aromatic hydroxyl groups is 3.